The normalized spacial score (nSPS) is 13.8. The molecule has 214 valence electrons. The molecule has 0 radical (unpaired) electrons. The van der Waals surface area contributed by atoms with Gasteiger partial charge in [0.05, 0.1) is 11.3 Å². The highest BCUT2D eigenvalue weighted by molar-refractivity contribution is 6.37. The van der Waals surface area contributed by atoms with Crippen LogP contribution in [0.3, 0.4) is 0 Å². The van der Waals surface area contributed by atoms with Gasteiger partial charge in [-0.05, 0) is 74.6 Å². The molecular formula is C33H38N4O4. The summed E-state index contributed by atoms with van der Waals surface area (Å²) in [6.45, 7) is 10.6. The summed E-state index contributed by atoms with van der Waals surface area (Å²) >= 11 is 0. The highest BCUT2D eigenvalue weighted by Gasteiger charge is 2.29. The number of anilines is 2. The van der Waals surface area contributed by atoms with Crippen molar-refractivity contribution >= 4 is 40.6 Å². The van der Waals surface area contributed by atoms with Crippen molar-refractivity contribution < 1.29 is 19.1 Å². The fourth-order valence-electron chi connectivity index (χ4n) is 4.36. The summed E-state index contributed by atoms with van der Waals surface area (Å²) in [6.07, 6.45) is 0.412. The summed E-state index contributed by atoms with van der Waals surface area (Å²) in [5.74, 6) is 0.0698. The second-order valence-electron chi connectivity index (χ2n) is 11.4. The van der Waals surface area contributed by atoms with Crippen molar-refractivity contribution in [2.45, 2.75) is 53.2 Å². The molecule has 0 fully saturated rings. The highest BCUT2D eigenvalue weighted by Crippen LogP contribution is 2.38. The van der Waals surface area contributed by atoms with Crippen LogP contribution in [0.15, 0.2) is 72.8 Å². The molecule has 0 aliphatic carbocycles. The van der Waals surface area contributed by atoms with E-state index in [1.807, 2.05) is 75.4 Å². The number of carbonyl (C=O) groups excluding carboxylic acids is 3. The van der Waals surface area contributed by atoms with Gasteiger partial charge in [-0.25, -0.2) is 4.79 Å². The number of benzene rings is 3. The lowest BCUT2D eigenvalue weighted by Gasteiger charge is -2.19. The molecule has 0 atom stereocenters. The first-order valence-electron chi connectivity index (χ1n) is 13.9. The van der Waals surface area contributed by atoms with E-state index in [0.717, 1.165) is 23.2 Å². The fourth-order valence-corrected chi connectivity index (χ4v) is 4.36. The Labute approximate surface area is 241 Å². The largest absolute Gasteiger partial charge is 0.444 e. The first kappa shape index (κ1) is 29.4. The van der Waals surface area contributed by atoms with Crippen LogP contribution in [0.2, 0.25) is 0 Å². The quantitative estimate of drug-likeness (QED) is 0.228. The molecule has 3 aromatic rings. The van der Waals surface area contributed by atoms with E-state index in [9.17, 15) is 14.4 Å². The maximum atomic E-state index is 13.3. The minimum atomic E-state index is -0.567. The van der Waals surface area contributed by atoms with Gasteiger partial charge in [0.1, 0.15) is 5.60 Å². The Hall–Kier alpha value is -4.59. The molecule has 1 aliphatic rings. The molecule has 4 N–H and O–H groups in total. The molecule has 0 saturated carbocycles. The van der Waals surface area contributed by atoms with Crippen LogP contribution in [-0.4, -0.2) is 30.1 Å². The van der Waals surface area contributed by atoms with Gasteiger partial charge >= 0.3 is 6.09 Å². The predicted octanol–water partition coefficient (Wildman–Crippen LogP) is 6.42. The minimum Gasteiger partial charge on any atom is -0.444 e. The Kier molecular flexibility index (Phi) is 9.12. The van der Waals surface area contributed by atoms with Gasteiger partial charge in [-0.3, -0.25) is 9.59 Å². The Morgan fingerprint density at radius 3 is 2.27 bits per heavy atom. The van der Waals surface area contributed by atoms with E-state index in [-0.39, 0.29) is 11.8 Å². The summed E-state index contributed by atoms with van der Waals surface area (Å²) in [5, 5.41) is 12.1. The lowest BCUT2D eigenvalue weighted by atomic mass is 9.98. The van der Waals surface area contributed by atoms with Crippen molar-refractivity contribution in [1.29, 1.82) is 0 Å². The zero-order valence-electron chi connectivity index (χ0n) is 24.3. The number of fused-ring (bicyclic) bond motifs is 1. The van der Waals surface area contributed by atoms with Crippen LogP contribution in [0, 0.1) is 5.92 Å². The lowest BCUT2D eigenvalue weighted by Crippen LogP contribution is -2.32. The smallest absolute Gasteiger partial charge is 0.407 e. The van der Waals surface area contributed by atoms with E-state index in [1.54, 1.807) is 18.2 Å². The van der Waals surface area contributed by atoms with E-state index >= 15 is 0 Å². The maximum Gasteiger partial charge on any atom is 0.407 e. The number of hydrogen-bond acceptors (Lipinski definition) is 5. The van der Waals surface area contributed by atoms with Crippen LogP contribution in [0.4, 0.5) is 16.2 Å². The molecule has 0 saturated heterocycles. The molecule has 0 bridgehead atoms. The molecule has 0 aromatic heterocycles. The summed E-state index contributed by atoms with van der Waals surface area (Å²) < 4.78 is 5.30. The zero-order valence-corrected chi connectivity index (χ0v) is 24.3. The molecular weight excluding hydrogens is 516 g/mol. The number of alkyl carbamates (subject to hydrolysis) is 1. The molecule has 4 rings (SSSR count). The number of amides is 3. The van der Waals surface area contributed by atoms with Gasteiger partial charge in [-0.2, -0.15) is 0 Å². The molecule has 3 aromatic carbocycles. The lowest BCUT2D eigenvalue weighted by molar-refractivity contribution is -0.110. The van der Waals surface area contributed by atoms with E-state index in [1.165, 1.54) is 0 Å². The van der Waals surface area contributed by atoms with Gasteiger partial charge in [-0.1, -0.05) is 56.3 Å². The van der Waals surface area contributed by atoms with Gasteiger partial charge < -0.3 is 26.0 Å². The average molecular weight is 555 g/mol. The van der Waals surface area contributed by atoms with Gasteiger partial charge in [0, 0.05) is 35.6 Å². The van der Waals surface area contributed by atoms with Gasteiger partial charge in [0.15, 0.2) is 0 Å². The van der Waals surface area contributed by atoms with Crippen molar-refractivity contribution in [2.75, 3.05) is 17.2 Å². The van der Waals surface area contributed by atoms with Gasteiger partial charge in [0.25, 0.3) is 11.8 Å². The number of nitrogens with one attached hydrogen (secondary N) is 4. The second kappa shape index (κ2) is 12.7. The SMILES string of the molecule is CC(C)CCNC(=O)c1ccc2c(c1)/C(=C(/Nc1ccc(CNC(=O)OC(C)(C)C)cc1)c1ccccc1)C(=O)N2. The van der Waals surface area contributed by atoms with E-state index < -0.39 is 11.7 Å². The van der Waals surface area contributed by atoms with E-state index in [0.29, 0.717) is 47.1 Å². The zero-order chi connectivity index (χ0) is 29.6. The van der Waals surface area contributed by atoms with Crippen LogP contribution in [0.1, 0.15) is 68.1 Å². The van der Waals surface area contributed by atoms with Crippen molar-refractivity contribution in [3.63, 3.8) is 0 Å². The van der Waals surface area contributed by atoms with Crippen LogP contribution in [0.25, 0.3) is 11.3 Å². The maximum absolute atomic E-state index is 13.3. The summed E-state index contributed by atoms with van der Waals surface area (Å²) in [6, 6.07) is 22.5. The van der Waals surface area contributed by atoms with Crippen LogP contribution in [0.5, 0.6) is 0 Å². The number of hydrogen-bond donors (Lipinski definition) is 4. The monoisotopic (exact) mass is 554 g/mol. The molecule has 3 amide bonds. The minimum absolute atomic E-state index is 0.169. The van der Waals surface area contributed by atoms with Crippen molar-refractivity contribution in [1.82, 2.24) is 10.6 Å². The Morgan fingerprint density at radius 1 is 0.902 bits per heavy atom. The van der Waals surface area contributed by atoms with Crippen LogP contribution < -0.4 is 21.3 Å². The number of ether oxygens (including phenoxy) is 1. The fraction of sp³-hybridized carbons (Fsp3) is 0.303. The van der Waals surface area contributed by atoms with Crippen molar-refractivity contribution in [3.05, 3.63) is 95.1 Å². The molecule has 0 unspecified atom stereocenters. The molecule has 41 heavy (non-hydrogen) atoms. The standard InChI is InChI=1S/C33H38N4O4/c1-21(2)17-18-34-30(38)24-13-16-27-26(19-24)28(31(39)37-27)29(23-9-7-6-8-10-23)36-25-14-11-22(12-15-25)20-35-32(40)41-33(3,4)5/h6-16,19,21,36H,17-18,20H2,1-5H3,(H,34,38)(H,35,40)(H,37,39)/b29-28-. The second-order valence-corrected chi connectivity index (χ2v) is 11.4. The summed E-state index contributed by atoms with van der Waals surface area (Å²) in [5.41, 5.74) is 4.82. The Bertz CT molecular complexity index is 1440. The molecule has 0 spiro atoms. The third-order valence-corrected chi connectivity index (χ3v) is 6.41. The third kappa shape index (κ3) is 7.97. The molecule has 1 aliphatic heterocycles. The van der Waals surface area contributed by atoms with E-state index in [4.69, 9.17) is 4.74 Å². The summed E-state index contributed by atoms with van der Waals surface area (Å²) in [4.78, 5) is 38.2. The van der Waals surface area contributed by atoms with Crippen molar-refractivity contribution in [2.24, 2.45) is 5.92 Å². The Morgan fingerprint density at radius 2 is 1.61 bits per heavy atom. The first-order valence-corrected chi connectivity index (χ1v) is 13.9. The van der Waals surface area contributed by atoms with Gasteiger partial charge in [0.2, 0.25) is 0 Å². The number of rotatable bonds is 9. The van der Waals surface area contributed by atoms with Crippen molar-refractivity contribution in [3.8, 4) is 0 Å². The highest BCUT2D eigenvalue weighted by atomic mass is 16.6. The van der Waals surface area contributed by atoms with E-state index in [2.05, 4.69) is 35.1 Å². The predicted molar refractivity (Wildman–Crippen MR) is 163 cm³/mol. The molecule has 8 heteroatoms. The molecule has 1 heterocycles. The first-order chi connectivity index (χ1) is 19.5. The van der Waals surface area contributed by atoms with Crippen LogP contribution in [-0.2, 0) is 16.1 Å². The Balaban J connectivity index is 1.61. The summed E-state index contributed by atoms with van der Waals surface area (Å²) in [7, 11) is 0. The topological polar surface area (TPSA) is 109 Å². The average Bonchev–Trinajstić information content (AvgIpc) is 3.25. The van der Waals surface area contributed by atoms with Gasteiger partial charge in [-0.15, -0.1) is 0 Å². The number of carbonyl (C=O) groups is 3. The third-order valence-electron chi connectivity index (χ3n) is 6.41. The van der Waals surface area contributed by atoms with Crippen LogP contribution >= 0.6 is 0 Å². The molecule has 8 nitrogen and oxygen atoms in total.